The van der Waals surface area contributed by atoms with Crippen LogP contribution in [0.2, 0.25) is 5.02 Å². The number of nitrogens with one attached hydrogen (secondary N) is 1. The average Bonchev–Trinajstić information content (AvgIpc) is 2.30. The van der Waals surface area contributed by atoms with E-state index in [4.69, 9.17) is 11.6 Å². The molecule has 0 aliphatic heterocycles. The van der Waals surface area contributed by atoms with E-state index in [1.54, 1.807) is 11.8 Å². The van der Waals surface area contributed by atoms with Crippen LogP contribution in [-0.2, 0) is 11.2 Å². The van der Waals surface area contributed by atoms with Gasteiger partial charge in [-0.25, -0.2) is 0 Å². The summed E-state index contributed by atoms with van der Waals surface area (Å²) in [6, 6.07) is 7.86. The highest BCUT2D eigenvalue weighted by Crippen LogP contribution is 2.11. The lowest BCUT2D eigenvalue weighted by atomic mass is 10.1. The van der Waals surface area contributed by atoms with Crippen LogP contribution >= 0.6 is 23.4 Å². The average molecular weight is 272 g/mol. The van der Waals surface area contributed by atoms with Crippen molar-refractivity contribution in [2.24, 2.45) is 0 Å². The summed E-state index contributed by atoms with van der Waals surface area (Å²) in [6.07, 6.45) is 2.76. The number of hydrogen-bond donors (Lipinski definition) is 1. The van der Waals surface area contributed by atoms with Crippen molar-refractivity contribution in [1.82, 2.24) is 5.32 Å². The topological polar surface area (TPSA) is 29.1 Å². The molecule has 0 heterocycles. The first-order valence-corrected chi connectivity index (χ1v) is 7.27. The molecule has 1 aromatic carbocycles. The van der Waals surface area contributed by atoms with Crippen LogP contribution in [0, 0.1) is 0 Å². The second-order valence-electron chi connectivity index (χ2n) is 4.12. The molecule has 1 rings (SSSR count). The fraction of sp³-hybridized carbons (Fsp3) is 0.462. The molecule has 0 bridgehead atoms. The number of thioether (sulfide) groups is 1. The molecule has 0 aliphatic rings. The number of rotatable bonds is 5. The summed E-state index contributed by atoms with van der Waals surface area (Å²) in [4.78, 5) is 11.7. The third-order valence-corrected chi connectivity index (χ3v) is 3.74. The van der Waals surface area contributed by atoms with Crippen LogP contribution < -0.4 is 5.32 Å². The van der Waals surface area contributed by atoms with Gasteiger partial charge in [-0.1, -0.05) is 23.7 Å². The molecule has 2 atom stereocenters. The highest BCUT2D eigenvalue weighted by molar-refractivity contribution is 7.99. The second kappa shape index (κ2) is 6.92. The minimum Gasteiger partial charge on any atom is -0.352 e. The van der Waals surface area contributed by atoms with Crippen molar-refractivity contribution in [2.75, 3.05) is 6.26 Å². The smallest absolute Gasteiger partial charge is 0.233 e. The molecule has 2 nitrogen and oxygen atoms in total. The van der Waals surface area contributed by atoms with E-state index < -0.39 is 0 Å². The fourth-order valence-corrected chi connectivity index (χ4v) is 1.90. The summed E-state index contributed by atoms with van der Waals surface area (Å²) in [7, 11) is 0. The van der Waals surface area contributed by atoms with Crippen LogP contribution in [0.4, 0.5) is 0 Å². The Morgan fingerprint density at radius 1 is 1.35 bits per heavy atom. The summed E-state index contributed by atoms with van der Waals surface area (Å²) < 4.78 is 0. The van der Waals surface area contributed by atoms with Gasteiger partial charge >= 0.3 is 0 Å². The van der Waals surface area contributed by atoms with Crippen LogP contribution in [0.15, 0.2) is 24.3 Å². The summed E-state index contributed by atoms with van der Waals surface area (Å²) in [5, 5.41) is 3.74. The maximum absolute atomic E-state index is 11.7. The molecular weight excluding hydrogens is 254 g/mol. The van der Waals surface area contributed by atoms with Crippen LogP contribution in [0.1, 0.15) is 19.4 Å². The van der Waals surface area contributed by atoms with E-state index in [1.165, 1.54) is 5.56 Å². The normalized spacial score (nSPS) is 14.1. The Labute approximate surface area is 112 Å². The lowest BCUT2D eigenvalue weighted by molar-refractivity contribution is -0.120. The van der Waals surface area contributed by atoms with Gasteiger partial charge in [0.1, 0.15) is 0 Å². The van der Waals surface area contributed by atoms with Crippen LogP contribution in [0.25, 0.3) is 0 Å². The summed E-state index contributed by atoms with van der Waals surface area (Å²) in [6.45, 7) is 3.93. The zero-order valence-electron chi connectivity index (χ0n) is 10.4. The van der Waals surface area contributed by atoms with Gasteiger partial charge in [-0.2, -0.15) is 11.8 Å². The van der Waals surface area contributed by atoms with Crippen molar-refractivity contribution < 1.29 is 4.79 Å². The summed E-state index contributed by atoms with van der Waals surface area (Å²) >= 11 is 7.37. The molecule has 2 unspecified atom stereocenters. The zero-order valence-corrected chi connectivity index (χ0v) is 11.9. The first kappa shape index (κ1) is 14.4. The molecule has 0 aliphatic carbocycles. The lowest BCUT2D eigenvalue weighted by Gasteiger charge is -2.16. The molecule has 0 fully saturated rings. The maximum Gasteiger partial charge on any atom is 0.233 e. The van der Waals surface area contributed by atoms with E-state index in [9.17, 15) is 4.79 Å². The van der Waals surface area contributed by atoms with Crippen molar-refractivity contribution in [3.63, 3.8) is 0 Å². The minimum atomic E-state index is 0.00247. The second-order valence-corrected chi connectivity index (χ2v) is 5.73. The van der Waals surface area contributed by atoms with Gasteiger partial charge < -0.3 is 5.32 Å². The van der Waals surface area contributed by atoms with E-state index in [0.717, 1.165) is 11.4 Å². The monoisotopic (exact) mass is 271 g/mol. The molecule has 0 saturated heterocycles. The molecule has 1 N–H and O–H groups in total. The first-order valence-electron chi connectivity index (χ1n) is 5.60. The predicted octanol–water partition coefficient (Wildman–Crippen LogP) is 3.14. The number of hydrogen-bond acceptors (Lipinski definition) is 2. The quantitative estimate of drug-likeness (QED) is 0.891. The number of carbonyl (C=O) groups excluding carboxylic acids is 1. The van der Waals surface area contributed by atoms with Gasteiger partial charge in [0.25, 0.3) is 0 Å². The molecule has 0 spiro atoms. The number of halogens is 1. The largest absolute Gasteiger partial charge is 0.352 e. The van der Waals surface area contributed by atoms with Gasteiger partial charge in [0.05, 0.1) is 5.25 Å². The Bertz CT molecular complexity index is 366. The summed E-state index contributed by atoms with van der Waals surface area (Å²) in [5.74, 6) is 0.0963. The Morgan fingerprint density at radius 3 is 2.47 bits per heavy atom. The van der Waals surface area contributed by atoms with Gasteiger partial charge in [0.2, 0.25) is 5.91 Å². The third-order valence-electron chi connectivity index (χ3n) is 2.57. The molecular formula is C13H18ClNOS. The molecule has 94 valence electrons. The van der Waals surface area contributed by atoms with E-state index in [2.05, 4.69) is 5.32 Å². The standard InChI is InChI=1S/C13H18ClNOS/c1-9(15-13(16)10(2)17-3)8-11-4-6-12(14)7-5-11/h4-7,9-10H,8H2,1-3H3,(H,15,16). The van der Waals surface area contributed by atoms with Crippen LogP contribution in [0.3, 0.4) is 0 Å². The molecule has 1 aromatic rings. The van der Waals surface area contributed by atoms with Crippen molar-refractivity contribution in [3.05, 3.63) is 34.9 Å². The van der Waals surface area contributed by atoms with Crippen molar-refractivity contribution in [3.8, 4) is 0 Å². The van der Waals surface area contributed by atoms with E-state index in [-0.39, 0.29) is 17.2 Å². The predicted molar refractivity (Wildman–Crippen MR) is 75.7 cm³/mol. The van der Waals surface area contributed by atoms with Crippen molar-refractivity contribution >= 4 is 29.3 Å². The van der Waals surface area contributed by atoms with Gasteiger partial charge in [0, 0.05) is 11.1 Å². The molecule has 1 amide bonds. The molecule has 0 saturated carbocycles. The van der Waals surface area contributed by atoms with Gasteiger partial charge in [-0.15, -0.1) is 0 Å². The fourth-order valence-electron chi connectivity index (χ4n) is 1.49. The SMILES string of the molecule is CSC(C)C(=O)NC(C)Cc1ccc(Cl)cc1. The Balaban J connectivity index is 2.47. The molecule has 17 heavy (non-hydrogen) atoms. The van der Waals surface area contributed by atoms with Crippen LogP contribution in [0.5, 0.6) is 0 Å². The molecule has 4 heteroatoms. The van der Waals surface area contributed by atoms with Gasteiger partial charge in [0.15, 0.2) is 0 Å². The van der Waals surface area contributed by atoms with Crippen molar-refractivity contribution in [1.29, 1.82) is 0 Å². The van der Waals surface area contributed by atoms with Gasteiger partial charge in [-0.3, -0.25) is 4.79 Å². The Hall–Kier alpha value is -0.670. The van der Waals surface area contributed by atoms with E-state index >= 15 is 0 Å². The molecule has 0 radical (unpaired) electrons. The third kappa shape index (κ3) is 5.00. The first-order chi connectivity index (χ1) is 8.02. The molecule has 0 aromatic heterocycles. The zero-order chi connectivity index (χ0) is 12.8. The van der Waals surface area contributed by atoms with E-state index in [1.807, 2.05) is 44.4 Å². The van der Waals surface area contributed by atoms with E-state index in [0.29, 0.717) is 0 Å². The van der Waals surface area contributed by atoms with Crippen molar-refractivity contribution in [2.45, 2.75) is 31.6 Å². The maximum atomic E-state index is 11.7. The highest BCUT2D eigenvalue weighted by atomic mass is 35.5. The van der Waals surface area contributed by atoms with Gasteiger partial charge in [-0.05, 0) is 44.2 Å². The minimum absolute atomic E-state index is 0.00247. The van der Waals surface area contributed by atoms with Crippen LogP contribution in [-0.4, -0.2) is 23.5 Å². The Morgan fingerprint density at radius 2 is 1.94 bits per heavy atom. The number of benzene rings is 1. The summed E-state index contributed by atoms with van der Waals surface area (Å²) in [5.41, 5.74) is 1.18. The number of carbonyl (C=O) groups is 1. The number of amides is 1. The Kier molecular flexibility index (Phi) is 5.86. The lowest BCUT2D eigenvalue weighted by Crippen LogP contribution is -2.38. The highest BCUT2D eigenvalue weighted by Gasteiger charge is 2.13.